The number of thioether (sulfide) groups is 1. The lowest BCUT2D eigenvalue weighted by Crippen LogP contribution is -2.37. The molecule has 1 unspecified atom stereocenters. The Kier molecular flexibility index (Phi) is 12.1. The number of hydrogen-bond donors (Lipinski definition) is 4. The normalized spacial score (nSPS) is 23.9. The van der Waals surface area contributed by atoms with Crippen molar-refractivity contribution in [2.75, 3.05) is 31.3 Å². The van der Waals surface area contributed by atoms with Gasteiger partial charge in [-0.1, -0.05) is 32.5 Å². The number of nitrogen functional groups attached to an aromatic ring is 1. The number of nitrogens with two attached hydrogens (primary N) is 1. The number of ether oxygens (including phenoxy) is 2. The van der Waals surface area contributed by atoms with E-state index in [4.69, 9.17) is 24.3 Å². The Bertz CT molecular complexity index is 1100. The first-order valence-corrected chi connectivity index (χ1v) is 14.9. The first-order valence-electron chi connectivity index (χ1n) is 12.4. The minimum atomic E-state index is -4.21. The Morgan fingerprint density at radius 1 is 1.31 bits per heavy atom. The van der Waals surface area contributed by atoms with Crippen LogP contribution in [-0.2, 0) is 32.7 Å². The van der Waals surface area contributed by atoms with E-state index in [-0.39, 0.29) is 23.3 Å². The van der Waals surface area contributed by atoms with Crippen LogP contribution in [0.15, 0.2) is 17.1 Å². The van der Waals surface area contributed by atoms with Gasteiger partial charge in [0.1, 0.15) is 18.0 Å². The molecule has 0 aliphatic carbocycles. The van der Waals surface area contributed by atoms with Crippen molar-refractivity contribution in [2.45, 2.75) is 72.1 Å². The molecule has 222 valence electrons. The molecule has 0 saturated carbocycles. The van der Waals surface area contributed by atoms with E-state index in [9.17, 15) is 29.2 Å². The maximum absolute atomic E-state index is 13.6. The average Bonchev–Trinajstić information content (AvgIpc) is 3.14. The molecular formula is C23H39N4O10PS. The molecule has 16 heteroatoms. The molecule has 2 rings (SSSR count). The zero-order valence-corrected chi connectivity index (χ0v) is 24.6. The molecule has 2 heterocycles. The summed E-state index contributed by atoms with van der Waals surface area (Å²) in [4.78, 5) is 40.4. The smallest absolute Gasteiger partial charge is 0.406 e. The van der Waals surface area contributed by atoms with Gasteiger partial charge in [-0.25, -0.2) is 14.4 Å². The summed E-state index contributed by atoms with van der Waals surface area (Å²) in [6.07, 6.45) is -2.69. The number of rotatable bonds is 13. The van der Waals surface area contributed by atoms with Gasteiger partial charge < -0.3 is 25.4 Å². The summed E-state index contributed by atoms with van der Waals surface area (Å²) in [5, 5.41) is 23.0. The fraction of sp³-hybridized carbons (Fsp3) is 0.739. The van der Waals surface area contributed by atoms with Crippen molar-refractivity contribution in [3.05, 3.63) is 22.7 Å². The van der Waals surface area contributed by atoms with E-state index < -0.39 is 74.5 Å². The molecule has 1 aliphatic heterocycles. The van der Waals surface area contributed by atoms with Gasteiger partial charge in [-0.15, -0.1) is 0 Å². The zero-order valence-electron chi connectivity index (χ0n) is 22.9. The summed E-state index contributed by atoms with van der Waals surface area (Å²) >= 11 is 1.01. The molecule has 14 nitrogen and oxygen atoms in total. The maximum Gasteiger partial charge on any atom is 0.406 e. The van der Waals surface area contributed by atoms with Gasteiger partial charge in [0.2, 0.25) is 0 Å². The molecule has 6 atom stereocenters. The van der Waals surface area contributed by atoms with Gasteiger partial charge in [-0.2, -0.15) is 4.98 Å². The summed E-state index contributed by atoms with van der Waals surface area (Å²) in [6.45, 7) is 8.93. The molecule has 39 heavy (non-hydrogen) atoms. The zero-order chi connectivity index (χ0) is 29.5. The lowest BCUT2D eigenvalue weighted by molar-refractivity contribution is -0.149. The number of aliphatic hydroxyl groups is 2. The quantitative estimate of drug-likeness (QED) is 0.143. The highest BCUT2D eigenvalue weighted by atomic mass is 32.2. The SMILES string of the molecule is CC(C)OC(=O)[C@H](C)NP(=O)(OCCSC(=O)C(C)(C)C)OC[C@H]1O[C@@H](n2ccc(N)nc2=O)[C@H](O)[C@@H]1CO. The van der Waals surface area contributed by atoms with E-state index in [0.717, 1.165) is 16.3 Å². The Morgan fingerprint density at radius 2 is 1.97 bits per heavy atom. The Morgan fingerprint density at radius 3 is 2.54 bits per heavy atom. The molecule has 0 radical (unpaired) electrons. The number of nitrogens with zero attached hydrogens (tertiary/aromatic N) is 2. The van der Waals surface area contributed by atoms with Crippen molar-refractivity contribution >= 4 is 36.4 Å². The molecule has 1 aromatic rings. The van der Waals surface area contributed by atoms with Gasteiger partial charge in [-0.05, 0) is 26.8 Å². The highest BCUT2D eigenvalue weighted by Crippen LogP contribution is 2.46. The number of aliphatic hydroxyl groups excluding tert-OH is 2. The summed E-state index contributed by atoms with van der Waals surface area (Å²) in [5.74, 6) is -1.45. The van der Waals surface area contributed by atoms with Gasteiger partial charge in [0.15, 0.2) is 11.3 Å². The van der Waals surface area contributed by atoms with Gasteiger partial charge in [-0.3, -0.25) is 23.2 Å². The molecule has 0 spiro atoms. The van der Waals surface area contributed by atoms with Gasteiger partial charge >= 0.3 is 19.4 Å². The maximum atomic E-state index is 13.6. The third-order valence-corrected chi connectivity index (χ3v) is 8.48. The van der Waals surface area contributed by atoms with Crippen molar-refractivity contribution in [3.8, 4) is 0 Å². The third kappa shape index (κ3) is 9.64. The Labute approximate surface area is 231 Å². The molecule has 1 aromatic heterocycles. The largest absolute Gasteiger partial charge is 0.462 e. The Hall–Kier alpha value is -1.84. The molecule has 1 fully saturated rings. The summed E-state index contributed by atoms with van der Waals surface area (Å²) in [5.41, 5.74) is 4.18. The van der Waals surface area contributed by atoms with Crippen LogP contribution < -0.4 is 16.5 Å². The molecule has 1 saturated heterocycles. The van der Waals surface area contributed by atoms with E-state index in [0.29, 0.717) is 0 Å². The molecule has 0 amide bonds. The van der Waals surface area contributed by atoms with Crippen molar-refractivity contribution in [1.82, 2.24) is 14.6 Å². The number of anilines is 1. The topological polar surface area (TPSA) is 202 Å². The highest BCUT2D eigenvalue weighted by molar-refractivity contribution is 8.13. The Balaban J connectivity index is 2.15. The minimum Gasteiger partial charge on any atom is -0.462 e. The van der Waals surface area contributed by atoms with E-state index in [1.807, 2.05) is 0 Å². The van der Waals surface area contributed by atoms with Crippen molar-refractivity contribution in [2.24, 2.45) is 11.3 Å². The fourth-order valence-electron chi connectivity index (χ4n) is 3.45. The van der Waals surface area contributed by atoms with Crippen molar-refractivity contribution in [3.63, 3.8) is 0 Å². The highest BCUT2D eigenvalue weighted by Gasteiger charge is 2.46. The fourth-order valence-corrected chi connectivity index (χ4v) is 5.83. The molecule has 0 bridgehead atoms. The second-order valence-corrected chi connectivity index (χ2v) is 13.1. The number of carbonyl (C=O) groups is 2. The van der Waals surface area contributed by atoms with Crippen LogP contribution in [0.5, 0.6) is 0 Å². The third-order valence-electron chi connectivity index (χ3n) is 5.52. The summed E-state index contributed by atoms with van der Waals surface area (Å²) in [7, 11) is -4.21. The van der Waals surface area contributed by atoms with Crippen molar-refractivity contribution in [1.29, 1.82) is 0 Å². The standard InChI is InChI=1S/C23H39N4O10PS/c1-13(2)36-20(30)14(3)26-38(33,34-9-10-39-21(31)23(4,5)6)35-12-16-15(11-28)18(29)19(37-16)27-8-7-17(24)25-22(27)32/h7-8,13-16,18-19,28-29H,9-12H2,1-6H3,(H,26,33)(H2,24,25,32)/t14-,15+,16+,18+,19+,38?/m0/s1. The van der Waals surface area contributed by atoms with E-state index in [1.54, 1.807) is 34.6 Å². The number of nitrogens with one attached hydrogen (secondary N) is 1. The van der Waals surface area contributed by atoms with Gasteiger partial charge in [0.05, 0.1) is 32.0 Å². The molecule has 0 aromatic carbocycles. The number of aromatic nitrogens is 2. The van der Waals surface area contributed by atoms with E-state index >= 15 is 0 Å². The van der Waals surface area contributed by atoms with Gasteiger partial charge in [0.25, 0.3) is 0 Å². The number of carbonyl (C=O) groups excluding carboxylic acids is 2. The second-order valence-electron chi connectivity index (χ2n) is 10.3. The molecule has 5 N–H and O–H groups in total. The predicted molar refractivity (Wildman–Crippen MR) is 144 cm³/mol. The number of hydrogen-bond acceptors (Lipinski definition) is 13. The lowest BCUT2D eigenvalue weighted by Gasteiger charge is -2.25. The summed E-state index contributed by atoms with van der Waals surface area (Å²) < 4.78 is 36.6. The lowest BCUT2D eigenvalue weighted by atomic mass is 9.99. The minimum absolute atomic E-state index is 0.0148. The van der Waals surface area contributed by atoms with Gasteiger partial charge in [0, 0.05) is 23.3 Å². The van der Waals surface area contributed by atoms with Crippen LogP contribution in [0.2, 0.25) is 0 Å². The van der Waals surface area contributed by atoms with Crippen LogP contribution in [-0.4, -0.2) is 80.8 Å². The van der Waals surface area contributed by atoms with Crippen LogP contribution in [0.25, 0.3) is 0 Å². The average molecular weight is 595 g/mol. The van der Waals surface area contributed by atoms with E-state index in [1.165, 1.54) is 19.2 Å². The van der Waals surface area contributed by atoms with Crippen LogP contribution >= 0.6 is 19.5 Å². The second kappa shape index (κ2) is 14.2. The van der Waals surface area contributed by atoms with Crippen LogP contribution in [0.3, 0.4) is 0 Å². The van der Waals surface area contributed by atoms with Crippen LogP contribution in [0, 0.1) is 11.3 Å². The number of esters is 1. The predicted octanol–water partition coefficient (Wildman–Crippen LogP) is 1.07. The monoisotopic (exact) mass is 594 g/mol. The van der Waals surface area contributed by atoms with E-state index in [2.05, 4.69) is 10.1 Å². The molecular weight excluding hydrogens is 555 g/mol. The van der Waals surface area contributed by atoms with Crippen molar-refractivity contribution < 1.29 is 42.9 Å². The summed E-state index contributed by atoms with van der Waals surface area (Å²) in [6, 6.07) is 0.263. The molecule has 1 aliphatic rings. The first-order chi connectivity index (χ1) is 18.1. The van der Waals surface area contributed by atoms with Crippen LogP contribution in [0.1, 0.15) is 47.8 Å². The first kappa shape index (κ1) is 33.4. The van der Waals surface area contributed by atoms with Crippen LogP contribution in [0.4, 0.5) is 5.82 Å².